The summed E-state index contributed by atoms with van der Waals surface area (Å²) in [4.78, 5) is 3.36. The monoisotopic (exact) mass is 323 g/mol. The molecule has 1 unspecified atom stereocenters. The van der Waals surface area contributed by atoms with Gasteiger partial charge in [-0.05, 0) is 12.1 Å². The number of rotatable bonds is 3. The summed E-state index contributed by atoms with van der Waals surface area (Å²) in [6.45, 7) is 0. The largest absolute Gasteiger partial charge is 0.496 e. The molecule has 0 aliphatic carbocycles. The van der Waals surface area contributed by atoms with E-state index in [1.807, 2.05) is 0 Å². The lowest BCUT2D eigenvalue weighted by molar-refractivity contribution is -0.137. The first-order valence-corrected chi connectivity index (χ1v) is 6.57. The Kier molecular flexibility index (Phi) is 4.22. The molecule has 2 rings (SSSR count). The van der Waals surface area contributed by atoms with Gasteiger partial charge in [0.1, 0.15) is 11.9 Å². The van der Waals surface area contributed by atoms with E-state index in [2.05, 4.69) is 4.98 Å². The molecule has 1 N–H and O–H groups in total. The highest BCUT2D eigenvalue weighted by Crippen LogP contribution is 2.38. The standard InChI is InChI=1S/C12H9ClF3NO2S/c1-19-8-4-6(13)2-3-7(8)10(18)9-5-17-11(20-9)12(14,15)16/h2-5,10,18H,1H3. The number of ether oxygens (including phenoxy) is 1. The third-order valence-electron chi connectivity index (χ3n) is 2.53. The van der Waals surface area contributed by atoms with Crippen molar-refractivity contribution >= 4 is 22.9 Å². The van der Waals surface area contributed by atoms with Gasteiger partial charge in [-0.25, -0.2) is 4.98 Å². The van der Waals surface area contributed by atoms with E-state index in [4.69, 9.17) is 16.3 Å². The minimum absolute atomic E-state index is 0.0814. The lowest BCUT2D eigenvalue weighted by atomic mass is 10.1. The number of hydrogen-bond acceptors (Lipinski definition) is 4. The van der Waals surface area contributed by atoms with Crippen LogP contribution in [-0.2, 0) is 6.18 Å². The minimum Gasteiger partial charge on any atom is -0.496 e. The van der Waals surface area contributed by atoms with Crippen LogP contribution >= 0.6 is 22.9 Å². The number of aromatic nitrogens is 1. The molecular formula is C12H9ClF3NO2S. The first-order chi connectivity index (χ1) is 9.32. The summed E-state index contributed by atoms with van der Waals surface area (Å²) in [7, 11) is 1.38. The van der Waals surface area contributed by atoms with Crippen LogP contribution in [0.5, 0.6) is 5.75 Å². The van der Waals surface area contributed by atoms with Crippen LogP contribution < -0.4 is 4.74 Å². The molecule has 0 aliphatic rings. The van der Waals surface area contributed by atoms with E-state index in [0.29, 0.717) is 27.7 Å². The van der Waals surface area contributed by atoms with Crippen LogP contribution in [0.2, 0.25) is 5.02 Å². The summed E-state index contributed by atoms with van der Waals surface area (Å²) in [6.07, 6.45) is -4.77. The summed E-state index contributed by atoms with van der Waals surface area (Å²) >= 11 is 6.18. The Morgan fingerprint density at radius 1 is 1.40 bits per heavy atom. The Morgan fingerprint density at radius 2 is 2.10 bits per heavy atom. The number of hydrogen-bond donors (Lipinski definition) is 1. The van der Waals surface area contributed by atoms with E-state index in [1.165, 1.54) is 25.3 Å². The molecule has 20 heavy (non-hydrogen) atoms. The third-order valence-corrected chi connectivity index (χ3v) is 3.86. The van der Waals surface area contributed by atoms with Gasteiger partial charge in [0.05, 0.1) is 12.0 Å². The number of nitrogens with zero attached hydrogens (tertiary/aromatic N) is 1. The van der Waals surface area contributed by atoms with Crippen LogP contribution in [0.4, 0.5) is 13.2 Å². The van der Waals surface area contributed by atoms with Gasteiger partial charge in [0.25, 0.3) is 0 Å². The number of aliphatic hydroxyl groups excluding tert-OH is 1. The molecule has 1 aromatic carbocycles. The smallest absolute Gasteiger partial charge is 0.443 e. The van der Waals surface area contributed by atoms with E-state index in [9.17, 15) is 18.3 Å². The predicted octanol–water partition coefficient (Wildman–Crippen LogP) is 3.91. The Balaban J connectivity index is 2.36. The normalized spacial score (nSPS) is 13.3. The molecule has 0 amide bonds. The predicted molar refractivity (Wildman–Crippen MR) is 69.2 cm³/mol. The zero-order valence-corrected chi connectivity index (χ0v) is 11.7. The first-order valence-electron chi connectivity index (χ1n) is 5.37. The van der Waals surface area contributed by atoms with Crippen molar-refractivity contribution < 1.29 is 23.0 Å². The summed E-state index contributed by atoms with van der Waals surface area (Å²) < 4.78 is 42.5. The number of thiazole rings is 1. The molecule has 0 radical (unpaired) electrons. The van der Waals surface area contributed by atoms with Crippen molar-refractivity contribution in [2.24, 2.45) is 0 Å². The Bertz CT molecular complexity index is 615. The number of alkyl halides is 3. The average Bonchev–Trinajstić information content (AvgIpc) is 2.87. The van der Waals surface area contributed by atoms with Crippen LogP contribution in [0.25, 0.3) is 0 Å². The summed E-state index contributed by atoms with van der Waals surface area (Å²) in [6, 6.07) is 4.50. The van der Waals surface area contributed by atoms with Gasteiger partial charge >= 0.3 is 6.18 Å². The maximum absolute atomic E-state index is 12.5. The molecule has 0 spiro atoms. The Hall–Kier alpha value is -1.31. The lowest BCUT2D eigenvalue weighted by Crippen LogP contribution is -2.03. The molecule has 108 valence electrons. The molecule has 0 saturated carbocycles. The summed E-state index contributed by atoms with van der Waals surface area (Å²) in [5, 5.41) is 9.55. The quantitative estimate of drug-likeness (QED) is 0.931. The van der Waals surface area contributed by atoms with Gasteiger partial charge in [-0.1, -0.05) is 17.7 Å². The SMILES string of the molecule is COc1cc(Cl)ccc1C(O)c1cnc(C(F)(F)F)s1. The summed E-state index contributed by atoms with van der Waals surface area (Å²) in [5.74, 6) is 0.298. The molecule has 0 saturated heterocycles. The molecule has 2 aromatic rings. The number of aliphatic hydroxyl groups is 1. The molecule has 0 aliphatic heterocycles. The van der Waals surface area contributed by atoms with Crippen molar-refractivity contribution in [2.45, 2.75) is 12.3 Å². The minimum atomic E-state index is -4.52. The fourth-order valence-corrected chi connectivity index (χ4v) is 2.56. The van der Waals surface area contributed by atoms with Crippen LogP contribution in [0, 0.1) is 0 Å². The topological polar surface area (TPSA) is 42.4 Å². The Labute approximate surface area is 121 Å². The highest BCUT2D eigenvalue weighted by atomic mass is 35.5. The van der Waals surface area contributed by atoms with E-state index >= 15 is 0 Å². The van der Waals surface area contributed by atoms with Gasteiger partial charge in [0.2, 0.25) is 0 Å². The van der Waals surface area contributed by atoms with Crippen molar-refractivity contribution in [3.63, 3.8) is 0 Å². The highest BCUT2D eigenvalue weighted by molar-refractivity contribution is 7.11. The van der Waals surface area contributed by atoms with Crippen LogP contribution in [0.1, 0.15) is 21.6 Å². The zero-order valence-electron chi connectivity index (χ0n) is 10.1. The van der Waals surface area contributed by atoms with Crippen LogP contribution in [-0.4, -0.2) is 17.2 Å². The fraction of sp³-hybridized carbons (Fsp3) is 0.250. The van der Waals surface area contributed by atoms with Gasteiger partial charge in [-0.3, -0.25) is 0 Å². The van der Waals surface area contributed by atoms with Gasteiger partial charge in [0.15, 0.2) is 5.01 Å². The van der Waals surface area contributed by atoms with Crippen LogP contribution in [0.3, 0.4) is 0 Å². The van der Waals surface area contributed by atoms with Crippen molar-refractivity contribution in [3.8, 4) is 5.75 Å². The second-order valence-electron chi connectivity index (χ2n) is 3.85. The summed E-state index contributed by atoms with van der Waals surface area (Å²) in [5.41, 5.74) is 0.328. The number of methoxy groups -OCH3 is 1. The maximum Gasteiger partial charge on any atom is 0.443 e. The first kappa shape index (κ1) is 15.1. The zero-order chi connectivity index (χ0) is 14.9. The van der Waals surface area contributed by atoms with Gasteiger partial charge < -0.3 is 9.84 Å². The molecule has 3 nitrogen and oxygen atoms in total. The van der Waals surface area contributed by atoms with Crippen molar-refractivity contribution in [1.29, 1.82) is 0 Å². The van der Waals surface area contributed by atoms with E-state index in [0.717, 1.165) is 6.20 Å². The molecule has 8 heteroatoms. The average molecular weight is 324 g/mol. The molecule has 0 bridgehead atoms. The molecule has 1 aromatic heterocycles. The highest BCUT2D eigenvalue weighted by Gasteiger charge is 2.35. The molecule has 1 heterocycles. The van der Waals surface area contributed by atoms with Crippen LogP contribution in [0.15, 0.2) is 24.4 Å². The maximum atomic E-state index is 12.5. The second kappa shape index (κ2) is 5.59. The van der Waals surface area contributed by atoms with E-state index < -0.39 is 17.3 Å². The molecular weight excluding hydrogens is 315 g/mol. The third kappa shape index (κ3) is 3.05. The van der Waals surface area contributed by atoms with Gasteiger partial charge in [-0.2, -0.15) is 13.2 Å². The van der Waals surface area contributed by atoms with Crippen molar-refractivity contribution in [3.05, 3.63) is 44.9 Å². The fourth-order valence-electron chi connectivity index (χ4n) is 1.61. The van der Waals surface area contributed by atoms with Crippen molar-refractivity contribution in [2.75, 3.05) is 7.11 Å². The Morgan fingerprint density at radius 3 is 2.65 bits per heavy atom. The van der Waals surface area contributed by atoms with Crippen molar-refractivity contribution in [1.82, 2.24) is 4.98 Å². The van der Waals surface area contributed by atoms with Gasteiger partial charge in [-0.15, -0.1) is 11.3 Å². The number of halogens is 4. The molecule has 0 fully saturated rings. The molecule has 1 atom stereocenters. The second-order valence-corrected chi connectivity index (χ2v) is 5.35. The van der Waals surface area contributed by atoms with E-state index in [-0.39, 0.29) is 4.88 Å². The lowest BCUT2D eigenvalue weighted by Gasteiger charge is -2.13. The van der Waals surface area contributed by atoms with E-state index in [1.54, 1.807) is 0 Å². The number of benzene rings is 1. The van der Waals surface area contributed by atoms with Gasteiger partial charge in [0, 0.05) is 16.8 Å².